The zero-order valence-electron chi connectivity index (χ0n) is 17.1. The van der Waals surface area contributed by atoms with Crippen LogP contribution >= 0.6 is 0 Å². The summed E-state index contributed by atoms with van der Waals surface area (Å²) < 4.78 is 3.85. The third kappa shape index (κ3) is 4.43. The van der Waals surface area contributed by atoms with Gasteiger partial charge >= 0.3 is 0 Å². The number of benzene rings is 2. The van der Waals surface area contributed by atoms with Crippen LogP contribution in [0.25, 0.3) is 16.9 Å². The van der Waals surface area contributed by atoms with Gasteiger partial charge in [0.2, 0.25) is 0 Å². The molecule has 29 heavy (non-hydrogen) atoms. The Bertz CT molecular complexity index is 1070. The molecule has 0 fully saturated rings. The highest BCUT2D eigenvalue weighted by molar-refractivity contribution is 5.63. The Kier molecular flexibility index (Phi) is 5.53. The van der Waals surface area contributed by atoms with Crippen LogP contribution in [-0.4, -0.2) is 30.6 Å². The Balaban J connectivity index is 1.62. The second-order valence-corrected chi connectivity index (χ2v) is 7.50. The third-order valence-corrected chi connectivity index (χ3v) is 5.02. The van der Waals surface area contributed by atoms with E-state index in [9.17, 15) is 0 Å². The van der Waals surface area contributed by atoms with Crippen molar-refractivity contribution in [2.75, 3.05) is 0 Å². The van der Waals surface area contributed by atoms with Gasteiger partial charge in [0, 0.05) is 29.9 Å². The predicted octanol–water partition coefficient (Wildman–Crippen LogP) is 3.93. The molecule has 0 aliphatic carbocycles. The summed E-state index contributed by atoms with van der Waals surface area (Å²) in [6.45, 7) is 7.88. The molecule has 0 amide bonds. The average Bonchev–Trinajstić information content (AvgIpc) is 3.39. The number of aromatic nitrogens is 5. The molecule has 0 radical (unpaired) electrons. The van der Waals surface area contributed by atoms with Gasteiger partial charge in [-0.2, -0.15) is 10.2 Å². The van der Waals surface area contributed by atoms with E-state index in [4.69, 9.17) is 5.10 Å². The number of nitrogens with one attached hydrogen (secondary N) is 1. The summed E-state index contributed by atoms with van der Waals surface area (Å²) in [7, 11) is 0. The lowest BCUT2D eigenvalue weighted by molar-refractivity contribution is 0.450. The van der Waals surface area contributed by atoms with Gasteiger partial charge in [0.05, 0.1) is 17.9 Å². The Morgan fingerprint density at radius 2 is 1.90 bits per heavy atom. The fourth-order valence-electron chi connectivity index (χ4n) is 3.42. The van der Waals surface area contributed by atoms with Crippen molar-refractivity contribution >= 4 is 0 Å². The maximum absolute atomic E-state index is 4.96. The molecule has 2 aromatic heterocycles. The number of nitrogens with zero attached hydrogens (tertiary/aromatic N) is 5. The van der Waals surface area contributed by atoms with Gasteiger partial charge in [0.25, 0.3) is 0 Å². The van der Waals surface area contributed by atoms with Crippen LogP contribution < -0.4 is 5.32 Å². The summed E-state index contributed by atoms with van der Waals surface area (Å²) in [6.07, 6.45) is 5.44. The first-order valence-corrected chi connectivity index (χ1v) is 9.87. The first-order chi connectivity index (χ1) is 14.1. The molecule has 0 unspecified atom stereocenters. The molecule has 0 spiro atoms. The maximum atomic E-state index is 4.96. The van der Waals surface area contributed by atoms with Crippen LogP contribution in [0.4, 0.5) is 0 Å². The second-order valence-electron chi connectivity index (χ2n) is 7.50. The largest absolute Gasteiger partial charge is 0.308 e. The monoisotopic (exact) mass is 386 g/mol. The van der Waals surface area contributed by atoms with Crippen molar-refractivity contribution < 1.29 is 0 Å². The Labute approximate surface area is 171 Å². The van der Waals surface area contributed by atoms with Crippen molar-refractivity contribution in [3.05, 3.63) is 84.1 Å². The molecule has 148 valence electrons. The zero-order valence-corrected chi connectivity index (χ0v) is 17.1. The molecule has 1 atom stereocenters. The van der Waals surface area contributed by atoms with Gasteiger partial charge in [-0.05, 0) is 38.0 Å². The van der Waals surface area contributed by atoms with E-state index in [-0.39, 0.29) is 6.04 Å². The van der Waals surface area contributed by atoms with Gasteiger partial charge in [-0.3, -0.25) is 4.68 Å². The summed E-state index contributed by atoms with van der Waals surface area (Å²) in [5.41, 5.74) is 6.84. The van der Waals surface area contributed by atoms with Crippen LogP contribution in [0.2, 0.25) is 0 Å². The lowest BCUT2D eigenvalue weighted by atomic mass is 10.1. The van der Waals surface area contributed by atoms with Crippen LogP contribution in [0, 0.1) is 13.8 Å². The molecule has 4 rings (SSSR count). The van der Waals surface area contributed by atoms with Crippen LogP contribution in [0.15, 0.2) is 67.4 Å². The van der Waals surface area contributed by atoms with Crippen LogP contribution in [0.5, 0.6) is 0 Å². The Hall–Kier alpha value is -3.25. The normalized spacial score (nSPS) is 12.2. The van der Waals surface area contributed by atoms with E-state index in [0.717, 1.165) is 30.0 Å². The van der Waals surface area contributed by atoms with E-state index < -0.39 is 0 Å². The van der Waals surface area contributed by atoms with Gasteiger partial charge in [-0.25, -0.2) is 9.67 Å². The number of rotatable bonds is 7. The van der Waals surface area contributed by atoms with Gasteiger partial charge < -0.3 is 5.32 Å². The summed E-state index contributed by atoms with van der Waals surface area (Å²) in [6, 6.07) is 17.1. The van der Waals surface area contributed by atoms with Gasteiger partial charge in [-0.1, -0.05) is 42.5 Å². The fourth-order valence-corrected chi connectivity index (χ4v) is 3.42. The summed E-state index contributed by atoms with van der Waals surface area (Å²) in [5, 5.41) is 12.7. The van der Waals surface area contributed by atoms with E-state index >= 15 is 0 Å². The topological polar surface area (TPSA) is 60.6 Å². The van der Waals surface area contributed by atoms with Crippen molar-refractivity contribution in [2.24, 2.45) is 0 Å². The summed E-state index contributed by atoms with van der Waals surface area (Å²) >= 11 is 0. The quantitative estimate of drug-likeness (QED) is 0.523. The number of hydrogen-bond acceptors (Lipinski definition) is 4. The molecule has 2 aromatic carbocycles. The molecule has 1 N–H and O–H groups in total. The molecular weight excluding hydrogens is 360 g/mol. The van der Waals surface area contributed by atoms with Gasteiger partial charge in [0.15, 0.2) is 0 Å². The average molecular weight is 387 g/mol. The van der Waals surface area contributed by atoms with Crippen LogP contribution in [-0.2, 0) is 13.1 Å². The van der Waals surface area contributed by atoms with E-state index in [1.807, 2.05) is 15.4 Å². The number of hydrogen-bond donors (Lipinski definition) is 1. The molecule has 2 heterocycles. The van der Waals surface area contributed by atoms with Crippen LogP contribution in [0.3, 0.4) is 0 Å². The third-order valence-electron chi connectivity index (χ3n) is 5.02. The summed E-state index contributed by atoms with van der Waals surface area (Å²) in [5.74, 6) is 0. The van der Waals surface area contributed by atoms with Crippen LogP contribution in [0.1, 0.15) is 23.6 Å². The van der Waals surface area contributed by atoms with E-state index in [2.05, 4.69) is 84.8 Å². The maximum Gasteiger partial charge on any atom is 0.137 e. The molecular formula is C23H26N6. The van der Waals surface area contributed by atoms with Crippen molar-refractivity contribution in [2.45, 2.75) is 39.9 Å². The van der Waals surface area contributed by atoms with Crippen molar-refractivity contribution in [1.82, 2.24) is 29.9 Å². The molecule has 0 bridgehead atoms. The zero-order chi connectivity index (χ0) is 20.2. The molecule has 0 saturated carbocycles. The minimum atomic E-state index is 0.254. The van der Waals surface area contributed by atoms with Crippen molar-refractivity contribution in [3.63, 3.8) is 0 Å². The second kappa shape index (κ2) is 8.41. The standard InChI is InChI=1S/C23H26N6/c1-17-9-10-18(2)22(11-17)29-14-21(23(27-29)20-7-5-4-6-8-20)12-25-19(3)13-28-16-24-15-26-28/h4-11,14-16,19,25H,12-13H2,1-3H3/t19-/m0/s1. The summed E-state index contributed by atoms with van der Waals surface area (Å²) in [4.78, 5) is 4.01. The molecule has 6 heteroatoms. The van der Waals surface area contributed by atoms with E-state index in [1.165, 1.54) is 16.7 Å². The smallest absolute Gasteiger partial charge is 0.137 e. The van der Waals surface area contributed by atoms with Crippen molar-refractivity contribution in [1.29, 1.82) is 0 Å². The highest BCUT2D eigenvalue weighted by Crippen LogP contribution is 2.25. The van der Waals surface area contributed by atoms with E-state index in [1.54, 1.807) is 12.7 Å². The lowest BCUT2D eigenvalue weighted by Crippen LogP contribution is -2.30. The molecule has 0 saturated heterocycles. The minimum absolute atomic E-state index is 0.254. The minimum Gasteiger partial charge on any atom is -0.308 e. The highest BCUT2D eigenvalue weighted by atomic mass is 15.3. The Morgan fingerprint density at radius 3 is 2.66 bits per heavy atom. The fraction of sp³-hybridized carbons (Fsp3) is 0.261. The van der Waals surface area contributed by atoms with E-state index in [0.29, 0.717) is 0 Å². The SMILES string of the molecule is Cc1ccc(C)c(-n2cc(CN[C@@H](C)Cn3cncn3)c(-c3ccccc3)n2)c1. The first-order valence-electron chi connectivity index (χ1n) is 9.87. The first kappa shape index (κ1) is 19.1. The predicted molar refractivity (Wildman–Crippen MR) is 115 cm³/mol. The molecule has 4 aromatic rings. The lowest BCUT2D eigenvalue weighted by Gasteiger charge is -2.13. The molecule has 0 aliphatic rings. The molecule has 0 aliphatic heterocycles. The molecule has 6 nitrogen and oxygen atoms in total. The highest BCUT2D eigenvalue weighted by Gasteiger charge is 2.14. The van der Waals surface area contributed by atoms with Crippen molar-refractivity contribution in [3.8, 4) is 16.9 Å². The van der Waals surface area contributed by atoms with Gasteiger partial charge in [-0.15, -0.1) is 0 Å². The Morgan fingerprint density at radius 1 is 1.07 bits per heavy atom. The number of aryl methyl sites for hydroxylation is 2. The van der Waals surface area contributed by atoms with Gasteiger partial charge in [0.1, 0.15) is 12.7 Å².